The van der Waals surface area contributed by atoms with Crippen molar-refractivity contribution < 1.29 is 8.42 Å². The zero-order valence-corrected chi connectivity index (χ0v) is 12.2. The Balaban J connectivity index is 2.30. The third-order valence-corrected chi connectivity index (χ3v) is 3.90. The minimum absolute atomic E-state index is 0.0246. The van der Waals surface area contributed by atoms with Crippen LogP contribution in [0.5, 0.6) is 0 Å². The first-order chi connectivity index (χ1) is 9.90. The molecule has 1 aromatic carbocycles. The number of nitrogens with zero attached hydrogens (tertiary/aromatic N) is 2. The standard InChI is InChI=1S/C12H16N6O2S/c1-2-15-10-7-11(17-12(14)16-10)18-21(19,20)9-5-3-8(13)4-6-9/h3-7H,2,13H2,1H3,(H4,14,15,16,17,18). The van der Waals surface area contributed by atoms with Crippen LogP contribution in [0.15, 0.2) is 35.2 Å². The van der Waals surface area contributed by atoms with Gasteiger partial charge in [0.05, 0.1) is 4.90 Å². The summed E-state index contributed by atoms with van der Waals surface area (Å²) in [6.45, 7) is 2.51. The van der Waals surface area contributed by atoms with Crippen molar-refractivity contribution >= 4 is 33.3 Å². The van der Waals surface area contributed by atoms with Crippen molar-refractivity contribution in [2.24, 2.45) is 0 Å². The largest absolute Gasteiger partial charge is 0.399 e. The highest BCUT2D eigenvalue weighted by molar-refractivity contribution is 7.92. The van der Waals surface area contributed by atoms with Crippen molar-refractivity contribution in [3.05, 3.63) is 30.3 Å². The Kier molecular flexibility index (Phi) is 4.13. The minimum atomic E-state index is -3.76. The van der Waals surface area contributed by atoms with E-state index in [-0.39, 0.29) is 16.7 Å². The van der Waals surface area contributed by atoms with E-state index in [1.165, 1.54) is 30.3 Å². The summed E-state index contributed by atoms with van der Waals surface area (Å²) in [7, 11) is -3.76. The molecule has 2 aromatic rings. The van der Waals surface area contributed by atoms with Gasteiger partial charge in [-0.3, -0.25) is 4.72 Å². The highest BCUT2D eigenvalue weighted by Crippen LogP contribution is 2.18. The molecule has 21 heavy (non-hydrogen) atoms. The number of anilines is 4. The molecular formula is C12H16N6O2S. The van der Waals surface area contributed by atoms with E-state index in [1.54, 1.807) is 0 Å². The zero-order valence-electron chi connectivity index (χ0n) is 11.4. The van der Waals surface area contributed by atoms with E-state index in [2.05, 4.69) is 20.0 Å². The van der Waals surface area contributed by atoms with Crippen molar-refractivity contribution in [1.82, 2.24) is 9.97 Å². The fraction of sp³-hybridized carbons (Fsp3) is 0.167. The van der Waals surface area contributed by atoms with Crippen molar-refractivity contribution in [3.63, 3.8) is 0 Å². The van der Waals surface area contributed by atoms with Gasteiger partial charge in [-0.2, -0.15) is 9.97 Å². The number of nitrogen functional groups attached to an aromatic ring is 2. The zero-order chi connectivity index (χ0) is 15.5. The van der Waals surface area contributed by atoms with Gasteiger partial charge in [0.1, 0.15) is 11.6 Å². The van der Waals surface area contributed by atoms with Crippen LogP contribution in [0.3, 0.4) is 0 Å². The first-order valence-electron chi connectivity index (χ1n) is 6.17. The number of benzene rings is 1. The maximum atomic E-state index is 12.2. The van der Waals surface area contributed by atoms with Crippen LogP contribution in [0.4, 0.5) is 23.3 Å². The van der Waals surface area contributed by atoms with E-state index in [9.17, 15) is 8.42 Å². The fourth-order valence-corrected chi connectivity index (χ4v) is 2.63. The van der Waals surface area contributed by atoms with E-state index in [1.807, 2.05) is 6.92 Å². The van der Waals surface area contributed by atoms with Gasteiger partial charge in [0.25, 0.3) is 10.0 Å². The minimum Gasteiger partial charge on any atom is -0.399 e. The molecule has 0 atom stereocenters. The Morgan fingerprint density at radius 2 is 1.71 bits per heavy atom. The Morgan fingerprint density at radius 1 is 1.10 bits per heavy atom. The molecule has 9 heteroatoms. The second-order valence-electron chi connectivity index (χ2n) is 4.20. The predicted octanol–water partition coefficient (Wildman–Crippen LogP) is 0.874. The van der Waals surface area contributed by atoms with Crippen molar-refractivity contribution in [1.29, 1.82) is 0 Å². The summed E-state index contributed by atoms with van der Waals surface area (Å²) in [5.41, 5.74) is 11.6. The Morgan fingerprint density at radius 3 is 2.33 bits per heavy atom. The summed E-state index contributed by atoms with van der Waals surface area (Å²) in [5.74, 6) is 0.513. The smallest absolute Gasteiger partial charge is 0.263 e. The van der Waals surface area contributed by atoms with E-state index >= 15 is 0 Å². The summed E-state index contributed by atoms with van der Waals surface area (Å²) in [6.07, 6.45) is 0. The summed E-state index contributed by atoms with van der Waals surface area (Å²) in [4.78, 5) is 7.88. The molecule has 0 spiro atoms. The normalized spacial score (nSPS) is 11.1. The third-order valence-electron chi connectivity index (χ3n) is 2.53. The molecule has 0 aliphatic carbocycles. The maximum Gasteiger partial charge on any atom is 0.263 e. The second kappa shape index (κ2) is 5.83. The molecule has 0 aliphatic heterocycles. The lowest BCUT2D eigenvalue weighted by Crippen LogP contribution is -2.15. The molecule has 1 heterocycles. The first-order valence-corrected chi connectivity index (χ1v) is 7.66. The number of nitrogens with one attached hydrogen (secondary N) is 2. The SMILES string of the molecule is CCNc1cc(NS(=O)(=O)c2ccc(N)cc2)nc(N)n1. The Bertz CT molecular complexity index is 730. The second-order valence-corrected chi connectivity index (χ2v) is 5.88. The molecule has 0 saturated carbocycles. The lowest BCUT2D eigenvalue weighted by Gasteiger charge is -2.10. The lowest BCUT2D eigenvalue weighted by molar-refractivity contribution is 0.601. The number of sulfonamides is 1. The molecule has 0 radical (unpaired) electrons. The van der Waals surface area contributed by atoms with Gasteiger partial charge in [0.2, 0.25) is 5.95 Å². The van der Waals surface area contributed by atoms with Gasteiger partial charge < -0.3 is 16.8 Å². The summed E-state index contributed by atoms with van der Waals surface area (Å²) < 4.78 is 26.8. The highest BCUT2D eigenvalue weighted by atomic mass is 32.2. The van der Waals surface area contributed by atoms with Crippen LogP contribution in [-0.2, 0) is 10.0 Å². The maximum absolute atomic E-state index is 12.2. The van der Waals surface area contributed by atoms with Crippen LogP contribution in [0.2, 0.25) is 0 Å². The van der Waals surface area contributed by atoms with Crippen LogP contribution in [0.1, 0.15) is 6.92 Å². The fourth-order valence-electron chi connectivity index (χ4n) is 1.63. The van der Waals surface area contributed by atoms with Gasteiger partial charge in [-0.25, -0.2) is 8.42 Å². The third kappa shape index (κ3) is 3.72. The molecule has 0 fully saturated rings. The Hall–Kier alpha value is -2.55. The number of rotatable bonds is 5. The predicted molar refractivity (Wildman–Crippen MR) is 82.3 cm³/mol. The molecule has 8 nitrogen and oxygen atoms in total. The average molecular weight is 308 g/mol. The van der Waals surface area contributed by atoms with Crippen molar-refractivity contribution in [2.45, 2.75) is 11.8 Å². The van der Waals surface area contributed by atoms with E-state index in [4.69, 9.17) is 11.5 Å². The highest BCUT2D eigenvalue weighted by Gasteiger charge is 2.15. The molecule has 0 aliphatic rings. The van der Waals surface area contributed by atoms with Crippen LogP contribution < -0.4 is 21.5 Å². The summed E-state index contributed by atoms with van der Waals surface area (Å²) in [6, 6.07) is 7.30. The van der Waals surface area contributed by atoms with Gasteiger partial charge in [-0.1, -0.05) is 0 Å². The summed E-state index contributed by atoms with van der Waals surface area (Å²) >= 11 is 0. The molecule has 1 aromatic heterocycles. The van der Waals surface area contributed by atoms with Gasteiger partial charge >= 0.3 is 0 Å². The van der Waals surface area contributed by atoms with Gasteiger partial charge in [-0.15, -0.1) is 0 Å². The topological polar surface area (TPSA) is 136 Å². The van der Waals surface area contributed by atoms with Crippen LogP contribution in [0, 0.1) is 0 Å². The van der Waals surface area contributed by atoms with Crippen molar-refractivity contribution in [2.75, 3.05) is 28.1 Å². The van der Waals surface area contributed by atoms with Gasteiger partial charge in [0, 0.05) is 18.3 Å². The van der Waals surface area contributed by atoms with Gasteiger partial charge in [0.15, 0.2) is 0 Å². The average Bonchev–Trinajstić information content (AvgIpc) is 2.38. The molecule has 112 valence electrons. The molecule has 0 unspecified atom stereocenters. The van der Waals surface area contributed by atoms with Crippen molar-refractivity contribution in [3.8, 4) is 0 Å². The van der Waals surface area contributed by atoms with E-state index in [0.717, 1.165) is 0 Å². The molecular weight excluding hydrogens is 292 g/mol. The number of nitrogens with two attached hydrogens (primary N) is 2. The lowest BCUT2D eigenvalue weighted by atomic mass is 10.3. The quantitative estimate of drug-likeness (QED) is 0.602. The Labute approximate surface area is 122 Å². The molecule has 0 saturated heterocycles. The molecule has 0 bridgehead atoms. The molecule has 2 rings (SSSR count). The number of hydrogen-bond acceptors (Lipinski definition) is 7. The van der Waals surface area contributed by atoms with Gasteiger partial charge in [-0.05, 0) is 31.2 Å². The number of aromatic nitrogens is 2. The van der Waals surface area contributed by atoms with Crippen LogP contribution in [-0.4, -0.2) is 24.9 Å². The number of hydrogen-bond donors (Lipinski definition) is 4. The van der Waals surface area contributed by atoms with E-state index in [0.29, 0.717) is 18.1 Å². The first kappa shape index (κ1) is 14.9. The molecule has 6 N–H and O–H groups in total. The van der Waals surface area contributed by atoms with Crippen LogP contribution >= 0.6 is 0 Å². The monoisotopic (exact) mass is 308 g/mol. The summed E-state index contributed by atoms with van der Waals surface area (Å²) in [5, 5.41) is 2.94. The van der Waals surface area contributed by atoms with Crippen LogP contribution in [0.25, 0.3) is 0 Å². The molecule has 0 amide bonds. The van der Waals surface area contributed by atoms with E-state index < -0.39 is 10.0 Å².